The monoisotopic (exact) mass is 174 g/mol. The van der Waals surface area contributed by atoms with E-state index in [9.17, 15) is 0 Å². The molecule has 1 heterocycles. The maximum absolute atomic E-state index is 5.59. The van der Waals surface area contributed by atoms with Crippen LogP contribution in [-0.2, 0) is 4.74 Å². The van der Waals surface area contributed by atoms with Gasteiger partial charge in [-0.2, -0.15) is 0 Å². The predicted octanol–water partition coefficient (Wildman–Crippen LogP) is 3.38. The highest BCUT2D eigenvalue weighted by atomic mass is 16.5. The molecular weight excluding hydrogens is 160 g/mol. The summed E-state index contributed by atoms with van der Waals surface area (Å²) >= 11 is 0. The zero-order valence-corrected chi connectivity index (χ0v) is 8.03. The lowest BCUT2D eigenvalue weighted by Crippen LogP contribution is -2.12. The van der Waals surface area contributed by atoms with Gasteiger partial charge in [0.15, 0.2) is 0 Å². The Hall–Kier alpha value is -1.24. The van der Waals surface area contributed by atoms with Gasteiger partial charge in [-0.25, -0.2) is 0 Å². The van der Waals surface area contributed by atoms with E-state index in [1.54, 1.807) is 6.26 Å². The van der Waals surface area contributed by atoms with Crippen molar-refractivity contribution in [2.24, 2.45) is 5.92 Å². The minimum Gasteiger partial charge on any atom is -0.493 e. The number of benzene rings is 1. The Balaban J connectivity index is 2.43. The van der Waals surface area contributed by atoms with Crippen molar-refractivity contribution in [2.75, 3.05) is 0 Å². The fourth-order valence-corrected chi connectivity index (χ4v) is 1.71. The average Bonchev–Trinajstić information content (AvgIpc) is 2.17. The lowest BCUT2D eigenvalue weighted by molar-refractivity contribution is 0.0994. The van der Waals surface area contributed by atoms with Crippen LogP contribution >= 0.6 is 0 Å². The summed E-state index contributed by atoms with van der Waals surface area (Å²) in [5.74, 6) is 0.520. The summed E-state index contributed by atoms with van der Waals surface area (Å²) in [6, 6.07) is 8.40. The second kappa shape index (κ2) is 3.25. The average molecular weight is 174 g/mol. The first-order chi connectivity index (χ1) is 6.29. The van der Waals surface area contributed by atoms with Gasteiger partial charge in [-0.1, -0.05) is 38.1 Å². The minimum atomic E-state index is 0.223. The lowest BCUT2D eigenvalue weighted by Gasteiger charge is -2.25. The maximum Gasteiger partial charge on any atom is 0.126 e. The Morgan fingerprint density at radius 1 is 1.23 bits per heavy atom. The molecule has 0 saturated carbocycles. The van der Waals surface area contributed by atoms with E-state index < -0.39 is 0 Å². The van der Waals surface area contributed by atoms with Crippen LogP contribution in [0.2, 0.25) is 0 Å². The summed E-state index contributed by atoms with van der Waals surface area (Å²) in [6.07, 6.45) is 4.04. The SMILES string of the molecule is CC(C)C1OC=Cc2ccccc21. The van der Waals surface area contributed by atoms with Crippen LogP contribution < -0.4 is 0 Å². The van der Waals surface area contributed by atoms with E-state index in [4.69, 9.17) is 4.74 Å². The zero-order chi connectivity index (χ0) is 9.26. The molecule has 0 N–H and O–H groups in total. The zero-order valence-electron chi connectivity index (χ0n) is 8.03. The van der Waals surface area contributed by atoms with Gasteiger partial charge in [0.1, 0.15) is 6.10 Å². The van der Waals surface area contributed by atoms with E-state index >= 15 is 0 Å². The molecular formula is C12H14O. The van der Waals surface area contributed by atoms with Crippen LogP contribution in [0, 0.1) is 5.92 Å². The molecule has 0 saturated heterocycles. The van der Waals surface area contributed by atoms with E-state index in [1.165, 1.54) is 11.1 Å². The third kappa shape index (κ3) is 1.46. The fraction of sp³-hybridized carbons (Fsp3) is 0.333. The number of hydrogen-bond acceptors (Lipinski definition) is 1. The van der Waals surface area contributed by atoms with Gasteiger partial charge >= 0.3 is 0 Å². The minimum absolute atomic E-state index is 0.223. The van der Waals surface area contributed by atoms with Gasteiger partial charge in [-0.3, -0.25) is 0 Å². The molecule has 0 bridgehead atoms. The molecule has 1 aliphatic rings. The Bertz CT molecular complexity index is 326. The van der Waals surface area contributed by atoms with E-state index in [1.807, 2.05) is 6.08 Å². The summed E-state index contributed by atoms with van der Waals surface area (Å²) in [4.78, 5) is 0. The van der Waals surface area contributed by atoms with Gasteiger partial charge in [-0.15, -0.1) is 0 Å². The molecule has 0 amide bonds. The molecule has 1 nitrogen and oxygen atoms in total. The van der Waals surface area contributed by atoms with Crippen LogP contribution in [-0.4, -0.2) is 0 Å². The first-order valence-electron chi connectivity index (χ1n) is 4.70. The molecule has 68 valence electrons. The third-order valence-electron chi connectivity index (χ3n) is 2.38. The second-order valence-corrected chi connectivity index (χ2v) is 3.73. The molecule has 0 fully saturated rings. The Labute approximate surface area is 79.0 Å². The molecule has 1 heteroatoms. The highest BCUT2D eigenvalue weighted by Gasteiger charge is 2.20. The van der Waals surface area contributed by atoms with Gasteiger partial charge in [0, 0.05) is 0 Å². The summed E-state index contributed by atoms with van der Waals surface area (Å²) in [5, 5.41) is 0. The molecule has 13 heavy (non-hydrogen) atoms. The molecule has 0 radical (unpaired) electrons. The van der Waals surface area contributed by atoms with Crippen LogP contribution in [0.3, 0.4) is 0 Å². The predicted molar refractivity (Wildman–Crippen MR) is 54.1 cm³/mol. The van der Waals surface area contributed by atoms with Crippen LogP contribution in [0.5, 0.6) is 0 Å². The van der Waals surface area contributed by atoms with Gasteiger partial charge in [0.05, 0.1) is 6.26 Å². The highest BCUT2D eigenvalue weighted by Crippen LogP contribution is 2.32. The topological polar surface area (TPSA) is 9.23 Å². The van der Waals surface area contributed by atoms with E-state index in [0.717, 1.165) is 0 Å². The molecule has 0 aliphatic carbocycles. The third-order valence-corrected chi connectivity index (χ3v) is 2.38. The second-order valence-electron chi connectivity index (χ2n) is 3.73. The molecule has 1 aromatic rings. The smallest absolute Gasteiger partial charge is 0.126 e. The molecule has 1 atom stereocenters. The van der Waals surface area contributed by atoms with Crippen molar-refractivity contribution in [3.05, 3.63) is 41.7 Å². The van der Waals surface area contributed by atoms with Crippen molar-refractivity contribution in [1.29, 1.82) is 0 Å². The highest BCUT2D eigenvalue weighted by molar-refractivity contribution is 5.55. The van der Waals surface area contributed by atoms with Gasteiger partial charge in [0.25, 0.3) is 0 Å². The molecule has 1 unspecified atom stereocenters. The fourth-order valence-electron chi connectivity index (χ4n) is 1.71. The molecule has 0 spiro atoms. The number of rotatable bonds is 1. The normalized spacial score (nSPS) is 19.8. The summed E-state index contributed by atoms with van der Waals surface area (Å²) in [7, 11) is 0. The van der Waals surface area contributed by atoms with Crippen molar-refractivity contribution in [2.45, 2.75) is 20.0 Å². The van der Waals surface area contributed by atoms with Crippen LogP contribution in [0.1, 0.15) is 31.1 Å². The molecule has 2 rings (SSSR count). The van der Waals surface area contributed by atoms with Gasteiger partial charge in [0.2, 0.25) is 0 Å². The standard InChI is InChI=1S/C12H14O/c1-9(2)12-11-6-4-3-5-10(11)7-8-13-12/h3-9,12H,1-2H3. The van der Waals surface area contributed by atoms with Gasteiger partial charge in [-0.05, 0) is 23.1 Å². The summed E-state index contributed by atoms with van der Waals surface area (Å²) in [5.41, 5.74) is 2.59. The van der Waals surface area contributed by atoms with Gasteiger partial charge < -0.3 is 4.74 Å². The summed E-state index contributed by atoms with van der Waals surface area (Å²) < 4.78 is 5.59. The lowest BCUT2D eigenvalue weighted by atomic mass is 9.93. The van der Waals surface area contributed by atoms with Crippen molar-refractivity contribution in [3.8, 4) is 0 Å². The Kier molecular flexibility index (Phi) is 2.09. The van der Waals surface area contributed by atoms with Crippen LogP contribution in [0.25, 0.3) is 6.08 Å². The van der Waals surface area contributed by atoms with Crippen molar-refractivity contribution >= 4 is 6.08 Å². The quantitative estimate of drug-likeness (QED) is 0.634. The number of hydrogen-bond donors (Lipinski definition) is 0. The molecule has 1 aliphatic heterocycles. The largest absolute Gasteiger partial charge is 0.493 e. The first kappa shape index (κ1) is 8.36. The van der Waals surface area contributed by atoms with Crippen LogP contribution in [0.4, 0.5) is 0 Å². The maximum atomic E-state index is 5.59. The van der Waals surface area contributed by atoms with Crippen molar-refractivity contribution in [3.63, 3.8) is 0 Å². The number of ether oxygens (including phenoxy) is 1. The first-order valence-corrected chi connectivity index (χ1v) is 4.70. The van der Waals surface area contributed by atoms with Crippen molar-refractivity contribution < 1.29 is 4.74 Å². The molecule has 1 aromatic carbocycles. The van der Waals surface area contributed by atoms with E-state index in [2.05, 4.69) is 38.1 Å². The summed E-state index contributed by atoms with van der Waals surface area (Å²) in [6.45, 7) is 4.36. The Morgan fingerprint density at radius 2 is 2.00 bits per heavy atom. The molecule has 0 aromatic heterocycles. The number of fused-ring (bicyclic) bond motifs is 1. The van der Waals surface area contributed by atoms with E-state index in [-0.39, 0.29) is 6.10 Å². The van der Waals surface area contributed by atoms with Crippen molar-refractivity contribution in [1.82, 2.24) is 0 Å². The van der Waals surface area contributed by atoms with Crippen LogP contribution in [0.15, 0.2) is 30.5 Å². The van der Waals surface area contributed by atoms with E-state index in [0.29, 0.717) is 5.92 Å². The Morgan fingerprint density at radius 3 is 2.77 bits per heavy atom.